The summed E-state index contributed by atoms with van der Waals surface area (Å²) in [6.07, 6.45) is 5.61. The van der Waals surface area contributed by atoms with Crippen LogP contribution < -0.4 is 10.7 Å². The Hall–Kier alpha value is -4.20. The van der Waals surface area contributed by atoms with Gasteiger partial charge in [-0.15, -0.1) is 0 Å². The maximum Gasteiger partial charge on any atom is 0.235 e. The lowest BCUT2D eigenvalue weighted by Gasteiger charge is -2.22. The highest BCUT2D eigenvalue weighted by atomic mass is 19.3. The lowest BCUT2D eigenvalue weighted by atomic mass is 9.96. The van der Waals surface area contributed by atoms with Gasteiger partial charge in [-0.3, -0.25) is 9.98 Å². The zero-order chi connectivity index (χ0) is 28.9. The van der Waals surface area contributed by atoms with Crippen molar-refractivity contribution in [3.05, 3.63) is 95.4 Å². The van der Waals surface area contributed by atoms with Crippen LogP contribution in [0.1, 0.15) is 50.3 Å². The van der Waals surface area contributed by atoms with E-state index in [2.05, 4.69) is 52.1 Å². The third-order valence-electron chi connectivity index (χ3n) is 7.12. The number of nitrogens with one attached hydrogen (secondary N) is 1. The molecule has 6 rings (SSSR count). The lowest BCUT2D eigenvalue weighted by Crippen LogP contribution is -2.19. The van der Waals surface area contributed by atoms with Gasteiger partial charge in [0.1, 0.15) is 5.82 Å². The van der Waals surface area contributed by atoms with Crippen molar-refractivity contribution in [3.63, 3.8) is 0 Å². The van der Waals surface area contributed by atoms with E-state index in [4.69, 9.17) is 9.98 Å². The minimum Gasteiger partial charge on any atom is -0.352 e. The van der Waals surface area contributed by atoms with Gasteiger partial charge in [-0.25, -0.2) is 18.2 Å². The summed E-state index contributed by atoms with van der Waals surface area (Å²) in [6, 6.07) is 21.4. The fourth-order valence-electron chi connectivity index (χ4n) is 5.19. The summed E-state index contributed by atoms with van der Waals surface area (Å²) < 4.78 is 36.7. The number of benzene rings is 3. The fraction of sp³-hybridized carbons (Fsp3) is 0.303. The Labute approximate surface area is 238 Å². The van der Waals surface area contributed by atoms with Crippen molar-refractivity contribution >= 4 is 22.4 Å². The number of hydrogen-bond acceptors (Lipinski definition) is 4. The maximum absolute atomic E-state index is 13.8. The molecule has 5 nitrogen and oxygen atoms in total. The van der Waals surface area contributed by atoms with Crippen LogP contribution in [0.25, 0.3) is 28.1 Å². The minimum atomic E-state index is -2.17. The average molecular weight is 558 g/mol. The first kappa shape index (κ1) is 28.3. The second-order valence-corrected chi connectivity index (χ2v) is 10.5. The molecule has 1 aliphatic heterocycles. The molecule has 1 N–H and O–H groups in total. The van der Waals surface area contributed by atoms with E-state index in [9.17, 15) is 13.2 Å². The zero-order valence-corrected chi connectivity index (χ0v) is 23.5. The number of halogens is 3. The zero-order valence-electron chi connectivity index (χ0n) is 23.5. The van der Waals surface area contributed by atoms with Crippen molar-refractivity contribution < 1.29 is 13.2 Å². The molecular weight excluding hydrogens is 523 g/mol. The van der Waals surface area contributed by atoms with Gasteiger partial charge in [-0.05, 0) is 99.8 Å². The highest BCUT2D eigenvalue weighted by Crippen LogP contribution is 2.31. The number of aryl methyl sites for hydroxylation is 2. The van der Waals surface area contributed by atoms with Gasteiger partial charge in [0.25, 0.3) is 0 Å². The van der Waals surface area contributed by atoms with Crippen molar-refractivity contribution in [3.8, 4) is 17.1 Å². The molecule has 1 aromatic heterocycles. The summed E-state index contributed by atoms with van der Waals surface area (Å²) in [6.45, 7) is 4.88. The first-order valence-electron chi connectivity index (χ1n) is 14.0. The number of aromatic nitrogens is 3. The molecule has 2 aliphatic carbocycles. The first-order valence-corrected chi connectivity index (χ1v) is 14.0. The van der Waals surface area contributed by atoms with Crippen LogP contribution >= 0.6 is 0 Å². The molecule has 1 fully saturated rings. The highest BCUT2D eigenvalue weighted by Gasteiger charge is 2.18. The van der Waals surface area contributed by atoms with Gasteiger partial charge in [-0.1, -0.05) is 25.3 Å². The van der Waals surface area contributed by atoms with Crippen molar-refractivity contribution in [2.45, 2.75) is 65.3 Å². The molecule has 0 atom stereocenters. The molecule has 0 amide bonds. The van der Waals surface area contributed by atoms with E-state index in [0.717, 1.165) is 75.9 Å². The topological polar surface area (TPSA) is 55.1 Å². The van der Waals surface area contributed by atoms with Crippen molar-refractivity contribution in [2.75, 3.05) is 5.32 Å². The molecule has 0 unspecified atom stereocenters. The van der Waals surface area contributed by atoms with E-state index in [0.29, 0.717) is 6.04 Å². The molecule has 1 saturated carbocycles. The Morgan fingerprint density at radius 1 is 0.927 bits per heavy atom. The molecular formula is C33H34F3N5. The van der Waals surface area contributed by atoms with Crippen LogP contribution in [-0.2, 0) is 0 Å². The largest absolute Gasteiger partial charge is 0.352 e. The summed E-state index contributed by atoms with van der Waals surface area (Å²) >= 11 is 0. The van der Waals surface area contributed by atoms with Gasteiger partial charge < -0.3 is 9.88 Å². The normalized spacial score (nSPS) is 14.4. The number of nitrogens with zero attached hydrogens (tertiary/aromatic N) is 4. The molecule has 41 heavy (non-hydrogen) atoms. The molecule has 0 radical (unpaired) electrons. The van der Waals surface area contributed by atoms with Crippen LogP contribution in [0.2, 0.25) is 0 Å². The van der Waals surface area contributed by atoms with E-state index >= 15 is 0 Å². The SMILES string of the molecule is CC(F)F.Cc1ccc2c(c1)nc1cc(Nc3ccc(C)nc3)c(=NC3CCCCC3)cc-1n2-c1ccc(F)cc1. The van der Waals surface area contributed by atoms with Crippen LogP contribution in [0.5, 0.6) is 0 Å². The number of anilines is 2. The van der Waals surface area contributed by atoms with Crippen molar-refractivity contribution in [1.29, 1.82) is 0 Å². The monoisotopic (exact) mass is 557 g/mol. The quantitative estimate of drug-likeness (QED) is 0.225. The van der Waals surface area contributed by atoms with Gasteiger partial charge in [-0.2, -0.15) is 0 Å². The Balaban J connectivity index is 0.000000794. The van der Waals surface area contributed by atoms with Gasteiger partial charge in [0.05, 0.1) is 51.4 Å². The number of alkyl halides is 2. The van der Waals surface area contributed by atoms with Gasteiger partial charge in [0.15, 0.2) is 0 Å². The van der Waals surface area contributed by atoms with E-state index in [-0.39, 0.29) is 5.82 Å². The molecule has 0 spiro atoms. The molecule has 2 aromatic carbocycles. The van der Waals surface area contributed by atoms with E-state index in [1.807, 2.05) is 37.4 Å². The Kier molecular flexibility index (Phi) is 8.67. The van der Waals surface area contributed by atoms with Gasteiger partial charge in [0.2, 0.25) is 6.43 Å². The molecule has 0 saturated heterocycles. The fourth-order valence-corrected chi connectivity index (χ4v) is 5.19. The summed E-state index contributed by atoms with van der Waals surface area (Å²) in [7, 11) is 0. The Morgan fingerprint density at radius 2 is 1.66 bits per heavy atom. The molecule has 212 valence electrons. The second kappa shape index (κ2) is 12.5. The van der Waals surface area contributed by atoms with Crippen LogP contribution in [0.15, 0.2) is 77.9 Å². The van der Waals surface area contributed by atoms with Crippen molar-refractivity contribution in [1.82, 2.24) is 14.5 Å². The molecule has 3 aliphatic rings. The maximum atomic E-state index is 13.8. The Morgan fingerprint density at radius 3 is 2.34 bits per heavy atom. The summed E-state index contributed by atoms with van der Waals surface area (Å²) in [5.41, 5.74) is 8.45. The highest BCUT2D eigenvalue weighted by molar-refractivity contribution is 5.84. The third-order valence-corrected chi connectivity index (χ3v) is 7.12. The van der Waals surface area contributed by atoms with E-state index in [1.54, 1.807) is 0 Å². The Bertz CT molecular complexity index is 1650. The standard InChI is InChI=1S/C31H30FN5.C2H4F2/c1-20-8-15-30-28(16-20)36-29-17-26(35-24-12-9-21(2)33-19-24)27(34-23-6-4-3-5-7-23)18-31(29)37(30)25-13-10-22(32)11-14-25;1-2(3)4/h8-19,23,35H,3-7H2,1-2H3;2H,1H3. The number of hydrogen-bond donors (Lipinski definition) is 1. The van der Waals surface area contributed by atoms with Gasteiger partial charge >= 0.3 is 0 Å². The summed E-state index contributed by atoms with van der Waals surface area (Å²) in [4.78, 5) is 14.7. The lowest BCUT2D eigenvalue weighted by molar-refractivity contribution is 0.171. The second-order valence-electron chi connectivity index (χ2n) is 10.5. The van der Waals surface area contributed by atoms with Crippen molar-refractivity contribution in [2.24, 2.45) is 4.99 Å². The van der Waals surface area contributed by atoms with Gasteiger partial charge in [0, 0.05) is 11.4 Å². The molecule has 2 heterocycles. The number of fused-ring (bicyclic) bond motifs is 2. The van der Waals surface area contributed by atoms with Crippen LogP contribution in [0.4, 0.5) is 24.5 Å². The van der Waals surface area contributed by atoms with E-state index in [1.165, 1.54) is 31.4 Å². The molecule has 0 bridgehead atoms. The van der Waals surface area contributed by atoms with Crippen LogP contribution in [0.3, 0.4) is 0 Å². The molecule has 3 aromatic rings. The predicted octanol–water partition coefficient (Wildman–Crippen LogP) is 8.53. The number of pyridine rings is 1. The summed E-state index contributed by atoms with van der Waals surface area (Å²) in [5.74, 6) is -0.256. The van der Waals surface area contributed by atoms with Crippen LogP contribution in [-0.4, -0.2) is 27.0 Å². The third kappa shape index (κ3) is 6.93. The first-order chi connectivity index (χ1) is 19.8. The smallest absolute Gasteiger partial charge is 0.235 e. The minimum absolute atomic E-state index is 0.256. The van der Waals surface area contributed by atoms with E-state index < -0.39 is 6.43 Å². The number of rotatable bonds is 4. The predicted molar refractivity (Wildman–Crippen MR) is 159 cm³/mol. The molecule has 8 heteroatoms. The van der Waals surface area contributed by atoms with Crippen LogP contribution in [0, 0.1) is 19.7 Å². The summed E-state index contributed by atoms with van der Waals surface area (Å²) in [5, 5.41) is 4.46. The average Bonchev–Trinajstić information content (AvgIpc) is 2.94.